The first-order valence-corrected chi connectivity index (χ1v) is 21.5. The highest BCUT2D eigenvalue weighted by molar-refractivity contribution is 6.34. The van der Waals surface area contributed by atoms with Crippen molar-refractivity contribution in [3.05, 3.63) is 154 Å². The van der Waals surface area contributed by atoms with Crippen LogP contribution in [-0.2, 0) is 44.8 Å². The third-order valence-corrected chi connectivity index (χ3v) is 11.2. The van der Waals surface area contributed by atoms with Gasteiger partial charge in [0.2, 0.25) is 6.10 Å². The number of para-hydroxylation sites is 1. The normalized spacial score (nSPS) is 16.0. The number of amides is 2. The number of hydrogen-bond donors (Lipinski definition) is 2. The Morgan fingerprint density at radius 1 is 0.787 bits per heavy atom. The number of carbonyl (C=O) groups is 4. The average molecular weight is 1100 g/mol. The van der Waals surface area contributed by atoms with Crippen LogP contribution in [0.15, 0.2) is 115 Å². The minimum absolute atomic E-state index is 0.0312. The molecule has 0 unspecified atom stereocenters. The van der Waals surface area contributed by atoms with E-state index in [-0.39, 0.29) is 27.5 Å². The molecule has 6 rings (SSSR count). The van der Waals surface area contributed by atoms with Crippen LogP contribution in [0.5, 0.6) is 11.5 Å². The summed E-state index contributed by atoms with van der Waals surface area (Å²) < 4.78 is 197. The zero-order valence-corrected chi connectivity index (χ0v) is 39.1. The Balaban J connectivity index is 0.000000277. The van der Waals surface area contributed by atoms with E-state index in [4.69, 9.17) is 21.1 Å². The van der Waals surface area contributed by atoms with Crippen molar-refractivity contribution in [2.24, 2.45) is 24.3 Å². The first-order valence-electron chi connectivity index (χ1n) is 21.2. The summed E-state index contributed by atoms with van der Waals surface area (Å²) in [7, 11) is 0.602. The highest BCUT2D eigenvalue weighted by Crippen LogP contribution is 2.60. The zero-order valence-electron chi connectivity index (χ0n) is 38.4. The molecule has 3 atom stereocenters. The monoisotopic (exact) mass is 1100 g/mol. The van der Waals surface area contributed by atoms with Gasteiger partial charge in [-0.15, -0.1) is 0 Å². The van der Waals surface area contributed by atoms with Crippen LogP contribution in [0.4, 0.5) is 67.2 Å². The number of aromatic nitrogens is 2. The molecule has 27 heteroatoms. The summed E-state index contributed by atoms with van der Waals surface area (Å²) in [4.78, 5) is 49.6. The largest absolute Gasteiger partial charge is 0.459 e. The molecule has 1 aliphatic rings. The fraction of sp³-hybridized carbons (Fsp3) is 0.292. The maximum absolute atomic E-state index is 13.8. The maximum Gasteiger partial charge on any atom is 0.459 e. The number of halogens is 15. The predicted molar refractivity (Wildman–Crippen MR) is 234 cm³/mol. The number of nitrogens with one attached hydrogen (secondary N) is 2. The fourth-order valence-corrected chi connectivity index (χ4v) is 7.32. The Morgan fingerprint density at radius 3 is 1.93 bits per heavy atom. The zero-order chi connectivity index (χ0) is 56.1. The van der Waals surface area contributed by atoms with Crippen molar-refractivity contribution < 1.29 is 94.9 Å². The van der Waals surface area contributed by atoms with Crippen LogP contribution in [0.3, 0.4) is 0 Å². The number of ether oxygens (including phenoxy) is 3. The van der Waals surface area contributed by atoms with E-state index in [1.54, 1.807) is 92.7 Å². The number of anilines is 1. The number of allylic oxidation sites excluding steroid dienone is 1. The number of esters is 2. The number of nitrogens with zero attached hydrogens (tertiary/aromatic N) is 3. The van der Waals surface area contributed by atoms with Crippen LogP contribution >= 0.6 is 11.6 Å². The van der Waals surface area contributed by atoms with Crippen molar-refractivity contribution in [3.8, 4) is 17.6 Å². The topological polar surface area (TPSA) is 162 Å². The van der Waals surface area contributed by atoms with Crippen LogP contribution < -0.4 is 15.4 Å². The number of aryl methyl sites for hydroxylation is 1. The van der Waals surface area contributed by atoms with E-state index in [1.807, 2.05) is 11.4 Å². The molecule has 4 aromatic carbocycles. The molecule has 0 spiro atoms. The second-order valence-corrected chi connectivity index (χ2v) is 17.0. The molecule has 1 aromatic heterocycles. The maximum atomic E-state index is 13.8. The van der Waals surface area contributed by atoms with Gasteiger partial charge < -0.3 is 24.8 Å². The summed E-state index contributed by atoms with van der Waals surface area (Å²) in [6.07, 6.45) is -28.1. The highest BCUT2D eigenvalue weighted by Gasteiger charge is 2.65. The molecule has 0 bridgehead atoms. The Kier molecular flexibility index (Phi) is 17.4. The van der Waals surface area contributed by atoms with Gasteiger partial charge >= 0.3 is 42.6 Å². The standard InChI is InChI=1S/C26H21F6NO5.C22H15ClF8N4O2/c1-24(2)18(11-12-20(34)38-23(25(27,28)29)26(30,31)32)21(24)22(35)37-19(14-33)15-7-6-10-17(13-15)36-16-8-4-3-5-9-16;1-35-16(15(21(26,27)28)17(34-35)20(24,25)22(29,30)31)19(37)33-12-7-8-14(23)13(9-12)18(36)32-10-11-5-3-2-4-6-11/h3-13,18-19,21,23H,1-2H3;2-9H,10H2,1H3,(H,32,36)(H,33,37)/b12-11-;/t18-,19+,21-;/m0./s1. The van der Waals surface area contributed by atoms with Gasteiger partial charge in [0.15, 0.2) is 5.69 Å². The van der Waals surface area contributed by atoms with Gasteiger partial charge in [0.25, 0.3) is 17.9 Å². The van der Waals surface area contributed by atoms with Crippen molar-refractivity contribution in [2.75, 3.05) is 5.32 Å². The molecule has 0 saturated heterocycles. The summed E-state index contributed by atoms with van der Waals surface area (Å²) in [5.74, 6) is -11.9. The summed E-state index contributed by atoms with van der Waals surface area (Å²) in [5, 5.41) is 16.7. The Labute approximate surface area is 419 Å². The Hall–Kier alpha value is -7.69. The van der Waals surface area contributed by atoms with Crippen molar-refractivity contribution in [2.45, 2.75) is 63.2 Å². The van der Waals surface area contributed by atoms with E-state index in [2.05, 4.69) is 15.2 Å². The quantitative estimate of drug-likeness (QED) is 0.0626. The van der Waals surface area contributed by atoms with Crippen molar-refractivity contribution in [1.29, 1.82) is 5.26 Å². The second kappa shape index (κ2) is 22.4. The molecule has 1 aliphatic carbocycles. The molecule has 1 fully saturated rings. The fourth-order valence-electron chi connectivity index (χ4n) is 7.12. The smallest absolute Gasteiger partial charge is 0.457 e. The van der Waals surface area contributed by atoms with Gasteiger partial charge in [0, 0.05) is 30.9 Å². The van der Waals surface area contributed by atoms with Crippen molar-refractivity contribution >= 4 is 41.0 Å². The first kappa shape index (κ1) is 58.2. The lowest BCUT2D eigenvalue weighted by atomic mass is 10.1. The van der Waals surface area contributed by atoms with E-state index in [0.29, 0.717) is 30.2 Å². The SMILES string of the molecule is CC1(C)[C@H](C(=O)O[C@H](C#N)c2cccc(Oc3ccccc3)c2)[C@@H]1/C=C\C(=O)OC(C(F)(F)F)C(F)(F)F.Cn1nc(C(F)(F)C(F)(F)F)c(C(F)(F)F)c1C(=O)Nc1ccc(Cl)c(C(=O)NCc2ccccc2)c1. The lowest BCUT2D eigenvalue weighted by molar-refractivity contribution is -0.312. The molecular weight excluding hydrogens is 1060 g/mol. The molecule has 0 radical (unpaired) electrons. The van der Waals surface area contributed by atoms with Crippen molar-refractivity contribution in [1.82, 2.24) is 15.1 Å². The first-order chi connectivity index (χ1) is 34.7. The lowest BCUT2D eigenvalue weighted by Crippen LogP contribution is -2.45. The van der Waals surface area contributed by atoms with E-state index < -0.39 is 101 Å². The predicted octanol–water partition coefficient (Wildman–Crippen LogP) is 12.4. The van der Waals surface area contributed by atoms with Gasteiger partial charge in [-0.2, -0.15) is 71.8 Å². The van der Waals surface area contributed by atoms with E-state index in [0.717, 1.165) is 29.8 Å². The van der Waals surface area contributed by atoms with Gasteiger partial charge in [-0.05, 0) is 59.4 Å². The Morgan fingerprint density at radius 2 is 1.37 bits per heavy atom. The minimum atomic E-state index is -6.41. The number of benzene rings is 4. The van der Waals surface area contributed by atoms with Gasteiger partial charge in [0.1, 0.15) is 28.8 Å². The van der Waals surface area contributed by atoms with Gasteiger partial charge in [0.05, 0.1) is 16.5 Å². The van der Waals surface area contributed by atoms with Crippen LogP contribution in [0.2, 0.25) is 5.02 Å². The number of nitriles is 1. The van der Waals surface area contributed by atoms with Gasteiger partial charge in [-0.3, -0.25) is 19.1 Å². The Bertz CT molecular complexity index is 2940. The molecular formula is C48H36ClF14N5O7. The molecule has 1 heterocycles. The molecule has 75 heavy (non-hydrogen) atoms. The van der Waals surface area contributed by atoms with E-state index in [9.17, 15) is 85.9 Å². The number of alkyl halides is 14. The molecule has 12 nitrogen and oxygen atoms in total. The molecule has 400 valence electrons. The number of carbonyl (C=O) groups excluding carboxylic acids is 4. The minimum Gasteiger partial charge on any atom is -0.457 e. The summed E-state index contributed by atoms with van der Waals surface area (Å²) >= 11 is 6.01. The summed E-state index contributed by atoms with van der Waals surface area (Å²) in [6, 6.07) is 28.8. The van der Waals surface area contributed by atoms with E-state index >= 15 is 0 Å². The molecule has 2 N–H and O–H groups in total. The van der Waals surface area contributed by atoms with Crippen LogP contribution in [-0.4, -0.2) is 58.2 Å². The molecule has 0 aliphatic heterocycles. The lowest BCUT2D eigenvalue weighted by Gasteiger charge is -2.22. The van der Waals surface area contributed by atoms with Gasteiger partial charge in [-0.25, -0.2) is 4.79 Å². The van der Waals surface area contributed by atoms with E-state index in [1.165, 1.54) is 6.07 Å². The van der Waals surface area contributed by atoms with Crippen LogP contribution in [0.1, 0.15) is 63.2 Å². The third-order valence-electron chi connectivity index (χ3n) is 10.9. The summed E-state index contributed by atoms with van der Waals surface area (Å²) in [6.45, 7) is 3.26. The summed E-state index contributed by atoms with van der Waals surface area (Å²) in [5.41, 5.74) is -7.11. The van der Waals surface area contributed by atoms with Crippen molar-refractivity contribution in [3.63, 3.8) is 0 Å². The van der Waals surface area contributed by atoms with Crippen LogP contribution in [0.25, 0.3) is 0 Å². The van der Waals surface area contributed by atoms with Gasteiger partial charge in [-0.1, -0.05) is 92.2 Å². The second-order valence-electron chi connectivity index (χ2n) is 16.6. The third kappa shape index (κ3) is 14.3. The molecule has 1 saturated carbocycles. The number of hydrogen-bond acceptors (Lipinski definition) is 9. The molecule has 5 aromatic rings. The average Bonchev–Trinajstić information content (AvgIpc) is 3.66. The number of rotatable bonds is 14. The van der Waals surface area contributed by atoms with Crippen LogP contribution in [0, 0.1) is 28.6 Å². The highest BCUT2D eigenvalue weighted by atomic mass is 35.5. The molecule has 2 amide bonds.